The van der Waals surface area contributed by atoms with Crippen LogP contribution in [0.15, 0.2) is 0 Å². The van der Waals surface area contributed by atoms with Crippen LogP contribution in [0.2, 0.25) is 0 Å². The summed E-state index contributed by atoms with van der Waals surface area (Å²) in [5, 5.41) is 4.39. The van der Waals surface area contributed by atoms with Crippen LogP contribution >= 0.6 is 0 Å². The zero-order valence-corrected chi connectivity index (χ0v) is 13.3. The maximum absolute atomic E-state index is 4.39. The predicted octanol–water partition coefficient (Wildman–Crippen LogP) is 3.55. The summed E-state index contributed by atoms with van der Waals surface area (Å²) >= 11 is 0. The average Bonchev–Trinajstić information content (AvgIpc) is 1.90. The first kappa shape index (κ1) is 14.0. The van der Waals surface area contributed by atoms with Gasteiger partial charge in [0, 0.05) is 0 Å². The molecule has 0 amide bonds. The fraction of sp³-hybridized carbons (Fsp3) is 0.909. The van der Waals surface area contributed by atoms with Gasteiger partial charge in [0.2, 0.25) is 0 Å². The Morgan fingerprint density at radius 2 is 1.62 bits per heavy atom. The summed E-state index contributed by atoms with van der Waals surface area (Å²) < 4.78 is 0. The molecular weight excluding hydrogens is 384 g/mol. The number of nitrogens with zero attached hydrogens (tertiary/aromatic N) is 1. The van der Waals surface area contributed by atoms with Crippen molar-refractivity contribution in [2.45, 2.75) is 52.5 Å². The third kappa shape index (κ3) is 5.45. The maximum Gasteiger partial charge on any atom is 2.00 e. The molecule has 1 nitrogen and oxygen atoms in total. The van der Waals surface area contributed by atoms with E-state index in [4.69, 9.17) is 0 Å². The summed E-state index contributed by atoms with van der Waals surface area (Å²) in [6.07, 6.45) is 5.76. The Kier molecular flexibility index (Phi) is 7.89. The average molecular weight is 405 g/mol. The minimum Gasteiger partial charge on any atom is -0.659 e. The molecule has 2 rings (SSSR count). The number of hydrogen-bond acceptors (Lipinski definition) is 0. The van der Waals surface area contributed by atoms with Gasteiger partial charge in [0.1, 0.15) is 0 Å². The van der Waals surface area contributed by atoms with Gasteiger partial charge < -0.3 is 11.2 Å². The Morgan fingerprint density at radius 1 is 1.08 bits per heavy atom. The maximum atomic E-state index is 4.39. The van der Waals surface area contributed by atoms with Crippen molar-refractivity contribution < 1.29 is 31.1 Å². The van der Waals surface area contributed by atoms with Crippen LogP contribution in [0.25, 0.3) is 5.32 Å². The van der Waals surface area contributed by atoms with E-state index >= 15 is 0 Å². The molecule has 0 aromatic carbocycles. The van der Waals surface area contributed by atoms with Crippen LogP contribution in [-0.4, -0.2) is 12.6 Å². The normalized spacial score (nSPS) is 30.5. The van der Waals surface area contributed by atoms with Crippen LogP contribution < -0.4 is 0 Å². The SMILES string of the molecule is C1CCC2[N-]CC2C1.C[C-](C)C.[U+2]. The van der Waals surface area contributed by atoms with E-state index in [0.29, 0.717) is 0 Å². The van der Waals surface area contributed by atoms with Crippen LogP contribution in [0.5, 0.6) is 0 Å². The molecule has 74 valence electrons. The Bertz CT molecular complexity index is 111. The zero-order valence-electron chi connectivity index (χ0n) is 9.14. The Balaban J connectivity index is 0.000000256. The smallest absolute Gasteiger partial charge is 0.659 e. The molecule has 0 spiro atoms. The van der Waals surface area contributed by atoms with E-state index in [0.717, 1.165) is 12.0 Å². The van der Waals surface area contributed by atoms with Crippen molar-refractivity contribution in [3.63, 3.8) is 0 Å². The molecule has 0 bridgehead atoms. The van der Waals surface area contributed by atoms with Crippen molar-refractivity contribution in [1.29, 1.82) is 0 Å². The fourth-order valence-electron chi connectivity index (χ4n) is 1.77. The molecule has 1 saturated carbocycles. The summed E-state index contributed by atoms with van der Waals surface area (Å²) in [5.41, 5.74) is 0. The van der Waals surface area contributed by atoms with Crippen molar-refractivity contribution >= 4 is 0 Å². The molecule has 1 heterocycles. The van der Waals surface area contributed by atoms with Crippen LogP contribution in [0.3, 0.4) is 0 Å². The van der Waals surface area contributed by atoms with Crippen LogP contribution in [-0.2, 0) is 0 Å². The summed E-state index contributed by atoms with van der Waals surface area (Å²) in [7, 11) is 0. The standard InChI is InChI=1S/C7H12N.C4H9.U/c1-2-4-7-6(3-1)5-8-7;1-4(2)3;/h6-7H,1-5H2;1-3H3;/q2*-1;+2. The molecule has 0 aromatic rings. The van der Waals surface area contributed by atoms with E-state index in [2.05, 4.69) is 26.1 Å². The second-order valence-electron chi connectivity index (χ2n) is 4.48. The third-order valence-electron chi connectivity index (χ3n) is 2.44. The van der Waals surface area contributed by atoms with Gasteiger partial charge in [-0.05, 0) is 0 Å². The topological polar surface area (TPSA) is 14.1 Å². The molecule has 1 aliphatic carbocycles. The summed E-state index contributed by atoms with van der Waals surface area (Å²) in [5.74, 6) is 2.43. The molecule has 1 saturated heterocycles. The van der Waals surface area contributed by atoms with Gasteiger partial charge in [0.25, 0.3) is 0 Å². The molecule has 2 heteroatoms. The van der Waals surface area contributed by atoms with Gasteiger partial charge in [0.15, 0.2) is 0 Å². The Hall–Kier alpha value is 1.01. The van der Waals surface area contributed by atoms with Crippen molar-refractivity contribution in [3.05, 3.63) is 11.2 Å². The summed E-state index contributed by atoms with van der Waals surface area (Å²) in [4.78, 5) is 0. The fourth-order valence-corrected chi connectivity index (χ4v) is 1.77. The van der Waals surface area contributed by atoms with Crippen LogP contribution in [0.1, 0.15) is 46.5 Å². The summed E-state index contributed by atoms with van der Waals surface area (Å²) in [6, 6.07) is 0.809. The van der Waals surface area contributed by atoms with Crippen molar-refractivity contribution in [2.75, 3.05) is 6.54 Å². The molecule has 2 aliphatic rings. The van der Waals surface area contributed by atoms with E-state index in [1.165, 1.54) is 38.1 Å². The second kappa shape index (κ2) is 7.32. The molecule has 2 fully saturated rings. The van der Waals surface area contributed by atoms with Gasteiger partial charge in [-0.3, -0.25) is 0 Å². The Morgan fingerprint density at radius 3 is 1.85 bits per heavy atom. The molecule has 0 N–H and O–H groups in total. The quantitative estimate of drug-likeness (QED) is 0.548. The van der Waals surface area contributed by atoms with Gasteiger partial charge in [0.05, 0.1) is 0 Å². The number of hydrogen-bond donors (Lipinski definition) is 0. The van der Waals surface area contributed by atoms with Gasteiger partial charge in [-0.15, -0.1) is 12.6 Å². The van der Waals surface area contributed by atoms with E-state index in [9.17, 15) is 0 Å². The molecule has 2 unspecified atom stereocenters. The number of fused-ring (bicyclic) bond motifs is 1. The van der Waals surface area contributed by atoms with Crippen LogP contribution in [0.4, 0.5) is 0 Å². The van der Waals surface area contributed by atoms with Crippen molar-refractivity contribution in [3.8, 4) is 0 Å². The van der Waals surface area contributed by atoms with Gasteiger partial charge in [-0.25, -0.2) is 0 Å². The van der Waals surface area contributed by atoms with E-state index in [1.807, 2.05) is 0 Å². The monoisotopic (exact) mass is 405 g/mol. The summed E-state index contributed by atoms with van der Waals surface area (Å²) in [6.45, 7) is 7.44. The van der Waals surface area contributed by atoms with Gasteiger partial charge >= 0.3 is 31.1 Å². The third-order valence-corrected chi connectivity index (χ3v) is 2.44. The van der Waals surface area contributed by atoms with Gasteiger partial charge in [-0.1, -0.05) is 31.6 Å². The number of rotatable bonds is 0. The van der Waals surface area contributed by atoms with Crippen molar-refractivity contribution in [2.24, 2.45) is 5.92 Å². The molecule has 1 aliphatic heterocycles. The first-order valence-corrected chi connectivity index (χ1v) is 5.13. The first-order valence-electron chi connectivity index (χ1n) is 5.13. The van der Waals surface area contributed by atoms with E-state index < -0.39 is 0 Å². The minimum absolute atomic E-state index is 0. The van der Waals surface area contributed by atoms with Crippen LogP contribution in [0, 0.1) is 42.9 Å². The Labute approximate surface area is 107 Å². The molecule has 0 radical (unpaired) electrons. The molecular formula is C11H21NU. The molecule has 13 heavy (non-hydrogen) atoms. The second-order valence-corrected chi connectivity index (χ2v) is 4.48. The zero-order chi connectivity index (χ0) is 8.97. The van der Waals surface area contributed by atoms with Gasteiger partial charge in [-0.2, -0.15) is 20.8 Å². The predicted molar refractivity (Wildman–Crippen MR) is 54.2 cm³/mol. The molecule has 0 aromatic heterocycles. The minimum atomic E-state index is 0. The van der Waals surface area contributed by atoms with E-state index in [-0.39, 0.29) is 31.1 Å². The van der Waals surface area contributed by atoms with Crippen molar-refractivity contribution in [1.82, 2.24) is 0 Å². The molecule has 2 atom stereocenters. The van der Waals surface area contributed by atoms with E-state index in [1.54, 1.807) is 0 Å². The largest absolute Gasteiger partial charge is 2.00 e. The first-order chi connectivity index (χ1) is 5.70.